The fourth-order valence-electron chi connectivity index (χ4n) is 1.62. The molecule has 1 N–H and O–H groups in total. The molecule has 0 aliphatic rings. The number of benzene rings is 2. The van der Waals surface area contributed by atoms with Crippen molar-refractivity contribution in [3.05, 3.63) is 64.7 Å². The van der Waals surface area contributed by atoms with E-state index in [0.717, 1.165) is 11.1 Å². The molecule has 0 aliphatic carbocycles. The van der Waals surface area contributed by atoms with Crippen molar-refractivity contribution < 1.29 is 9.84 Å². The number of aliphatic hydroxyl groups excluding tert-OH is 1. The molecule has 18 heavy (non-hydrogen) atoms. The van der Waals surface area contributed by atoms with E-state index < -0.39 is 6.10 Å². The van der Waals surface area contributed by atoms with E-state index in [9.17, 15) is 5.11 Å². The van der Waals surface area contributed by atoms with Crippen LogP contribution >= 0.6 is 11.6 Å². The van der Waals surface area contributed by atoms with Gasteiger partial charge in [0.1, 0.15) is 18.5 Å². The second-order valence-electron chi connectivity index (χ2n) is 4.17. The molecule has 1 unspecified atom stereocenters. The average molecular weight is 263 g/mol. The first-order chi connectivity index (χ1) is 8.66. The van der Waals surface area contributed by atoms with Gasteiger partial charge < -0.3 is 9.84 Å². The van der Waals surface area contributed by atoms with Gasteiger partial charge in [-0.05, 0) is 24.6 Å². The third-order valence-electron chi connectivity index (χ3n) is 2.70. The normalized spacial score (nSPS) is 12.2. The summed E-state index contributed by atoms with van der Waals surface area (Å²) in [6.07, 6.45) is -0.651. The number of hydrogen-bond donors (Lipinski definition) is 1. The number of aliphatic hydroxyl groups is 1. The quantitative estimate of drug-likeness (QED) is 0.909. The molecular formula is C15H15ClO2. The molecule has 0 aliphatic heterocycles. The fourth-order valence-corrected chi connectivity index (χ4v) is 1.81. The van der Waals surface area contributed by atoms with E-state index in [-0.39, 0.29) is 6.61 Å². The molecular weight excluding hydrogens is 248 g/mol. The average Bonchev–Trinajstić information content (AvgIpc) is 2.38. The zero-order valence-corrected chi connectivity index (χ0v) is 10.9. The van der Waals surface area contributed by atoms with Crippen LogP contribution < -0.4 is 4.74 Å². The molecule has 2 rings (SSSR count). The van der Waals surface area contributed by atoms with Gasteiger partial charge in [-0.25, -0.2) is 0 Å². The van der Waals surface area contributed by atoms with Crippen LogP contribution in [-0.4, -0.2) is 11.7 Å². The Balaban J connectivity index is 1.98. The van der Waals surface area contributed by atoms with E-state index in [4.69, 9.17) is 16.3 Å². The van der Waals surface area contributed by atoms with Crippen molar-refractivity contribution >= 4 is 11.6 Å². The summed E-state index contributed by atoms with van der Waals surface area (Å²) in [7, 11) is 0. The number of halogens is 1. The molecule has 2 aromatic carbocycles. The summed E-state index contributed by atoms with van der Waals surface area (Å²) in [4.78, 5) is 0. The van der Waals surface area contributed by atoms with Crippen molar-refractivity contribution in [2.45, 2.75) is 13.0 Å². The first kappa shape index (κ1) is 12.9. The molecule has 0 amide bonds. The van der Waals surface area contributed by atoms with Crippen LogP contribution in [0.25, 0.3) is 0 Å². The lowest BCUT2D eigenvalue weighted by Crippen LogP contribution is -2.09. The molecule has 0 saturated heterocycles. The molecule has 1 atom stereocenters. The Hall–Kier alpha value is -1.51. The standard InChI is InChI=1S/C15H15ClO2/c1-11-6-8-12(9-7-11)14(17)10-18-15-5-3-2-4-13(15)16/h2-9,14,17H,10H2,1H3. The van der Waals surface area contributed by atoms with Crippen LogP contribution in [0.1, 0.15) is 17.2 Å². The van der Waals surface area contributed by atoms with Gasteiger partial charge in [0.2, 0.25) is 0 Å². The number of para-hydroxylation sites is 1. The fraction of sp³-hybridized carbons (Fsp3) is 0.200. The zero-order valence-electron chi connectivity index (χ0n) is 10.1. The van der Waals surface area contributed by atoms with Gasteiger partial charge in [0.25, 0.3) is 0 Å². The Morgan fingerprint density at radius 3 is 2.44 bits per heavy atom. The summed E-state index contributed by atoms with van der Waals surface area (Å²) in [5.41, 5.74) is 2.01. The van der Waals surface area contributed by atoms with Gasteiger partial charge >= 0.3 is 0 Å². The van der Waals surface area contributed by atoms with Crippen LogP contribution in [0, 0.1) is 6.92 Å². The van der Waals surface area contributed by atoms with Gasteiger partial charge in [-0.2, -0.15) is 0 Å². The third kappa shape index (κ3) is 3.25. The van der Waals surface area contributed by atoms with Crippen molar-refractivity contribution in [2.75, 3.05) is 6.61 Å². The second kappa shape index (κ2) is 5.89. The van der Waals surface area contributed by atoms with E-state index in [1.165, 1.54) is 0 Å². The molecule has 3 heteroatoms. The lowest BCUT2D eigenvalue weighted by atomic mass is 10.1. The number of aryl methyl sites for hydroxylation is 1. The summed E-state index contributed by atoms with van der Waals surface area (Å²) in [5.74, 6) is 0.588. The highest BCUT2D eigenvalue weighted by atomic mass is 35.5. The Bertz CT molecular complexity index is 508. The minimum Gasteiger partial charge on any atom is -0.489 e. The highest BCUT2D eigenvalue weighted by Gasteiger charge is 2.09. The Labute approximate surface area is 112 Å². The van der Waals surface area contributed by atoms with Crippen molar-refractivity contribution in [2.24, 2.45) is 0 Å². The van der Waals surface area contributed by atoms with Crippen molar-refractivity contribution in [3.63, 3.8) is 0 Å². The van der Waals surface area contributed by atoms with Gasteiger partial charge in [0.15, 0.2) is 0 Å². The van der Waals surface area contributed by atoms with Gasteiger partial charge in [0.05, 0.1) is 5.02 Å². The summed E-state index contributed by atoms with van der Waals surface area (Å²) in [6.45, 7) is 2.20. The highest BCUT2D eigenvalue weighted by Crippen LogP contribution is 2.24. The van der Waals surface area contributed by atoms with Crippen molar-refractivity contribution in [1.82, 2.24) is 0 Å². The molecule has 2 nitrogen and oxygen atoms in total. The minimum absolute atomic E-state index is 0.187. The maximum absolute atomic E-state index is 10.00. The van der Waals surface area contributed by atoms with Crippen LogP contribution in [0.3, 0.4) is 0 Å². The summed E-state index contributed by atoms with van der Waals surface area (Å²) >= 11 is 5.97. The smallest absolute Gasteiger partial charge is 0.138 e. The summed E-state index contributed by atoms with van der Waals surface area (Å²) in [6, 6.07) is 15.0. The van der Waals surface area contributed by atoms with Crippen LogP contribution in [0.4, 0.5) is 0 Å². The van der Waals surface area contributed by atoms with E-state index >= 15 is 0 Å². The molecule has 0 radical (unpaired) electrons. The first-order valence-corrected chi connectivity index (χ1v) is 6.16. The highest BCUT2D eigenvalue weighted by molar-refractivity contribution is 6.32. The molecule has 0 fully saturated rings. The molecule has 0 bridgehead atoms. The largest absolute Gasteiger partial charge is 0.489 e. The van der Waals surface area contributed by atoms with E-state index in [0.29, 0.717) is 10.8 Å². The Morgan fingerprint density at radius 2 is 1.78 bits per heavy atom. The van der Waals surface area contributed by atoms with Crippen LogP contribution in [0.5, 0.6) is 5.75 Å². The Morgan fingerprint density at radius 1 is 1.11 bits per heavy atom. The molecule has 0 heterocycles. The van der Waals surface area contributed by atoms with Gasteiger partial charge in [-0.3, -0.25) is 0 Å². The molecule has 2 aromatic rings. The van der Waals surface area contributed by atoms with Gasteiger partial charge in [0, 0.05) is 0 Å². The molecule has 0 spiro atoms. The topological polar surface area (TPSA) is 29.5 Å². The van der Waals surface area contributed by atoms with E-state index in [1.807, 2.05) is 43.3 Å². The first-order valence-electron chi connectivity index (χ1n) is 5.79. The van der Waals surface area contributed by atoms with Crippen molar-refractivity contribution in [3.8, 4) is 5.75 Å². The lowest BCUT2D eigenvalue weighted by molar-refractivity contribution is 0.108. The van der Waals surface area contributed by atoms with Crippen LogP contribution in [0.15, 0.2) is 48.5 Å². The van der Waals surface area contributed by atoms with Crippen LogP contribution in [0.2, 0.25) is 5.02 Å². The Kier molecular flexibility index (Phi) is 4.24. The number of hydrogen-bond acceptors (Lipinski definition) is 2. The monoisotopic (exact) mass is 262 g/mol. The third-order valence-corrected chi connectivity index (χ3v) is 3.01. The predicted octanol–water partition coefficient (Wildman–Crippen LogP) is 3.76. The number of ether oxygens (including phenoxy) is 1. The predicted molar refractivity (Wildman–Crippen MR) is 73.1 cm³/mol. The van der Waals surface area contributed by atoms with E-state index in [1.54, 1.807) is 12.1 Å². The maximum Gasteiger partial charge on any atom is 0.138 e. The molecule has 0 saturated carbocycles. The zero-order chi connectivity index (χ0) is 13.0. The number of rotatable bonds is 4. The summed E-state index contributed by atoms with van der Waals surface area (Å²) in [5, 5.41) is 10.5. The molecule has 94 valence electrons. The second-order valence-corrected chi connectivity index (χ2v) is 4.58. The maximum atomic E-state index is 10.00. The lowest BCUT2D eigenvalue weighted by Gasteiger charge is -2.13. The van der Waals surface area contributed by atoms with Gasteiger partial charge in [-0.1, -0.05) is 53.6 Å². The summed E-state index contributed by atoms with van der Waals surface area (Å²) < 4.78 is 5.50. The van der Waals surface area contributed by atoms with Crippen LogP contribution in [-0.2, 0) is 0 Å². The van der Waals surface area contributed by atoms with Gasteiger partial charge in [-0.15, -0.1) is 0 Å². The van der Waals surface area contributed by atoms with Crippen molar-refractivity contribution in [1.29, 1.82) is 0 Å². The van der Waals surface area contributed by atoms with E-state index in [2.05, 4.69) is 0 Å². The molecule has 0 aromatic heterocycles. The minimum atomic E-state index is -0.651. The SMILES string of the molecule is Cc1ccc(C(O)COc2ccccc2Cl)cc1.